The fourth-order valence-electron chi connectivity index (χ4n) is 3.33. The topological polar surface area (TPSA) is 28.6 Å². The number of fused-ring (bicyclic) bond motifs is 1. The number of hydrogen-bond donors (Lipinski definition) is 0. The number of piperazine rings is 1. The quantitative estimate of drug-likeness (QED) is 0.738. The van der Waals surface area contributed by atoms with Crippen LogP contribution in [0.3, 0.4) is 0 Å². The summed E-state index contributed by atoms with van der Waals surface area (Å²) in [6.45, 7) is 3.93. The fourth-order valence-corrected chi connectivity index (χ4v) is 3.33. The molecule has 0 amide bonds. The fraction of sp³-hybridized carbons (Fsp3) is 0.250. The zero-order chi connectivity index (χ0) is 16.4. The second-order valence-corrected chi connectivity index (χ2v) is 6.03. The number of hydrogen-bond acceptors (Lipinski definition) is 4. The van der Waals surface area contributed by atoms with Crippen molar-refractivity contribution in [2.45, 2.75) is 0 Å². The van der Waals surface area contributed by atoms with Gasteiger partial charge in [-0.05, 0) is 24.3 Å². The van der Waals surface area contributed by atoms with E-state index in [4.69, 9.17) is 4.74 Å². The van der Waals surface area contributed by atoms with Crippen molar-refractivity contribution < 1.29 is 4.74 Å². The molecule has 1 aromatic heterocycles. The minimum absolute atomic E-state index is 0.943. The summed E-state index contributed by atoms with van der Waals surface area (Å²) in [5, 5.41) is 1.20. The number of pyridine rings is 1. The Kier molecular flexibility index (Phi) is 3.95. The Morgan fingerprint density at radius 3 is 2.42 bits per heavy atom. The highest BCUT2D eigenvalue weighted by Gasteiger charge is 2.20. The molecule has 1 aliphatic rings. The summed E-state index contributed by atoms with van der Waals surface area (Å²) in [7, 11) is 1.73. The van der Waals surface area contributed by atoms with Gasteiger partial charge in [0.2, 0.25) is 0 Å². The van der Waals surface area contributed by atoms with E-state index in [-0.39, 0.29) is 0 Å². The predicted molar refractivity (Wildman–Crippen MR) is 99.2 cm³/mol. The van der Waals surface area contributed by atoms with E-state index < -0.39 is 0 Å². The Labute approximate surface area is 142 Å². The first-order valence-corrected chi connectivity index (χ1v) is 8.33. The number of anilines is 2. The zero-order valence-corrected chi connectivity index (χ0v) is 13.9. The third-order valence-electron chi connectivity index (χ3n) is 4.65. The van der Waals surface area contributed by atoms with E-state index in [0.717, 1.165) is 37.4 Å². The van der Waals surface area contributed by atoms with Crippen molar-refractivity contribution in [2.24, 2.45) is 0 Å². The van der Waals surface area contributed by atoms with Crippen LogP contribution in [0.2, 0.25) is 0 Å². The van der Waals surface area contributed by atoms with Crippen molar-refractivity contribution in [3.05, 3.63) is 60.8 Å². The largest absolute Gasteiger partial charge is 0.495 e. The molecule has 24 heavy (non-hydrogen) atoms. The monoisotopic (exact) mass is 319 g/mol. The van der Waals surface area contributed by atoms with Crippen LogP contribution in [0, 0.1) is 0 Å². The van der Waals surface area contributed by atoms with E-state index >= 15 is 0 Å². The minimum Gasteiger partial charge on any atom is -0.495 e. The molecule has 0 radical (unpaired) electrons. The van der Waals surface area contributed by atoms with Gasteiger partial charge in [-0.25, -0.2) is 0 Å². The van der Waals surface area contributed by atoms with Crippen LogP contribution in [0.5, 0.6) is 5.75 Å². The first-order chi connectivity index (χ1) is 11.8. The van der Waals surface area contributed by atoms with Crippen LogP contribution in [0.15, 0.2) is 60.8 Å². The molecular formula is C20H21N3O. The van der Waals surface area contributed by atoms with E-state index in [1.54, 1.807) is 7.11 Å². The van der Waals surface area contributed by atoms with Gasteiger partial charge in [0, 0.05) is 31.6 Å². The molecule has 4 heteroatoms. The minimum atomic E-state index is 0.943. The summed E-state index contributed by atoms with van der Waals surface area (Å²) < 4.78 is 5.49. The first kappa shape index (κ1) is 14.8. The third kappa shape index (κ3) is 2.75. The van der Waals surface area contributed by atoms with E-state index in [1.165, 1.54) is 16.8 Å². The lowest BCUT2D eigenvalue weighted by Gasteiger charge is -2.37. The highest BCUT2D eigenvalue weighted by atomic mass is 16.5. The van der Waals surface area contributed by atoms with E-state index in [2.05, 4.69) is 51.2 Å². The Morgan fingerprint density at radius 1 is 0.875 bits per heavy atom. The summed E-state index contributed by atoms with van der Waals surface area (Å²) in [6, 6.07) is 18.7. The van der Waals surface area contributed by atoms with Crippen molar-refractivity contribution in [1.29, 1.82) is 0 Å². The molecule has 1 fully saturated rings. The molecule has 3 aromatic rings. The Morgan fingerprint density at radius 2 is 1.58 bits per heavy atom. The van der Waals surface area contributed by atoms with Crippen molar-refractivity contribution in [2.75, 3.05) is 43.1 Å². The van der Waals surface area contributed by atoms with Gasteiger partial charge in [0.05, 0.1) is 30.2 Å². The first-order valence-electron chi connectivity index (χ1n) is 8.33. The highest BCUT2D eigenvalue weighted by Crippen LogP contribution is 2.29. The molecular weight excluding hydrogens is 298 g/mol. The molecule has 1 aliphatic heterocycles. The molecule has 0 spiro atoms. The van der Waals surface area contributed by atoms with Gasteiger partial charge >= 0.3 is 0 Å². The molecule has 0 atom stereocenters. The number of methoxy groups -OCH3 is 1. The number of benzene rings is 2. The molecule has 0 unspecified atom stereocenters. The van der Waals surface area contributed by atoms with Crippen LogP contribution in [0.4, 0.5) is 11.4 Å². The predicted octanol–water partition coefficient (Wildman–Crippen LogP) is 3.57. The Hall–Kier alpha value is -2.75. The molecule has 2 heterocycles. The lowest BCUT2D eigenvalue weighted by molar-refractivity contribution is 0.413. The summed E-state index contributed by atoms with van der Waals surface area (Å²) in [6.07, 6.45) is 1.99. The lowest BCUT2D eigenvalue weighted by atomic mass is 10.2. The molecule has 0 N–H and O–H groups in total. The maximum absolute atomic E-state index is 5.49. The lowest BCUT2D eigenvalue weighted by Crippen LogP contribution is -2.46. The molecule has 0 aliphatic carbocycles. The second-order valence-electron chi connectivity index (χ2n) is 6.03. The number of nitrogens with zero attached hydrogens (tertiary/aromatic N) is 3. The number of rotatable bonds is 3. The molecule has 122 valence electrons. The van der Waals surface area contributed by atoms with Crippen molar-refractivity contribution in [3.8, 4) is 5.75 Å². The van der Waals surface area contributed by atoms with Gasteiger partial charge in [-0.1, -0.05) is 30.3 Å². The van der Waals surface area contributed by atoms with Gasteiger partial charge in [0.25, 0.3) is 0 Å². The summed E-state index contributed by atoms with van der Waals surface area (Å²) in [4.78, 5) is 9.39. The van der Waals surface area contributed by atoms with Crippen LogP contribution in [0.1, 0.15) is 0 Å². The smallest absolute Gasteiger partial charge is 0.142 e. The summed E-state index contributed by atoms with van der Waals surface area (Å²) in [5.74, 6) is 0.943. The van der Waals surface area contributed by atoms with Gasteiger partial charge in [0.15, 0.2) is 0 Å². The average Bonchev–Trinajstić information content (AvgIpc) is 2.67. The molecule has 0 bridgehead atoms. The second kappa shape index (κ2) is 6.40. The number of para-hydroxylation sites is 3. The van der Waals surface area contributed by atoms with Crippen LogP contribution < -0.4 is 14.5 Å². The van der Waals surface area contributed by atoms with E-state index in [1.807, 2.05) is 24.4 Å². The summed E-state index contributed by atoms with van der Waals surface area (Å²) >= 11 is 0. The molecule has 1 saturated heterocycles. The maximum atomic E-state index is 5.49. The van der Waals surface area contributed by atoms with Crippen LogP contribution in [-0.4, -0.2) is 38.3 Å². The normalized spacial score (nSPS) is 14.9. The van der Waals surface area contributed by atoms with Crippen molar-refractivity contribution in [3.63, 3.8) is 0 Å². The van der Waals surface area contributed by atoms with E-state index in [9.17, 15) is 0 Å². The highest BCUT2D eigenvalue weighted by molar-refractivity contribution is 5.81. The zero-order valence-electron chi connectivity index (χ0n) is 13.9. The van der Waals surface area contributed by atoms with Gasteiger partial charge in [-0.15, -0.1) is 0 Å². The van der Waals surface area contributed by atoms with Gasteiger partial charge in [-0.3, -0.25) is 4.98 Å². The maximum Gasteiger partial charge on any atom is 0.142 e. The summed E-state index contributed by atoms with van der Waals surface area (Å²) in [5.41, 5.74) is 3.43. The SMILES string of the molecule is COc1ccccc1N1CCN(c2cnc3ccccc3c2)CC1. The van der Waals surface area contributed by atoms with Crippen molar-refractivity contribution >= 4 is 22.3 Å². The van der Waals surface area contributed by atoms with Crippen LogP contribution in [-0.2, 0) is 0 Å². The Bertz CT molecular complexity index is 841. The van der Waals surface area contributed by atoms with Crippen LogP contribution in [0.25, 0.3) is 10.9 Å². The van der Waals surface area contributed by atoms with Gasteiger partial charge in [0.1, 0.15) is 5.75 Å². The molecule has 4 rings (SSSR count). The van der Waals surface area contributed by atoms with Crippen molar-refractivity contribution in [1.82, 2.24) is 4.98 Å². The number of ether oxygens (including phenoxy) is 1. The third-order valence-corrected chi connectivity index (χ3v) is 4.65. The van der Waals surface area contributed by atoms with Gasteiger partial charge < -0.3 is 14.5 Å². The molecule has 0 saturated carbocycles. The average molecular weight is 319 g/mol. The van der Waals surface area contributed by atoms with Gasteiger partial charge in [-0.2, -0.15) is 0 Å². The number of aromatic nitrogens is 1. The molecule has 2 aromatic carbocycles. The standard InChI is InChI=1S/C20H21N3O/c1-24-20-9-5-4-8-19(20)23-12-10-22(11-13-23)17-14-16-6-2-3-7-18(16)21-15-17/h2-9,14-15H,10-13H2,1H3. The van der Waals surface area contributed by atoms with Crippen LogP contribution >= 0.6 is 0 Å². The molecule has 4 nitrogen and oxygen atoms in total. The van der Waals surface area contributed by atoms with E-state index in [0.29, 0.717) is 0 Å². The Balaban J connectivity index is 1.51.